The summed E-state index contributed by atoms with van der Waals surface area (Å²) in [5.41, 5.74) is 3.70. The fourth-order valence-electron chi connectivity index (χ4n) is 2.05. The lowest BCUT2D eigenvalue weighted by Crippen LogP contribution is -1.98. The van der Waals surface area contributed by atoms with Crippen molar-refractivity contribution in [2.75, 3.05) is 7.11 Å². The number of ether oxygens (including phenoxy) is 2. The molecule has 0 unspecified atom stereocenters. The van der Waals surface area contributed by atoms with Gasteiger partial charge in [0.1, 0.15) is 6.61 Å². The van der Waals surface area contributed by atoms with Crippen LogP contribution in [0.15, 0.2) is 42.5 Å². The zero-order valence-electron chi connectivity index (χ0n) is 11.1. The van der Waals surface area contributed by atoms with E-state index in [1.165, 1.54) is 16.7 Å². The second kappa shape index (κ2) is 5.58. The Balaban J connectivity index is 2.11. The fourth-order valence-corrected chi connectivity index (χ4v) is 2.05. The van der Waals surface area contributed by atoms with Gasteiger partial charge in [-0.15, -0.1) is 0 Å². The van der Waals surface area contributed by atoms with E-state index in [0.29, 0.717) is 6.61 Å². The molecule has 0 aliphatic heterocycles. The molecule has 0 spiro atoms. The van der Waals surface area contributed by atoms with Gasteiger partial charge < -0.3 is 9.47 Å². The highest BCUT2D eigenvalue weighted by Gasteiger charge is 2.03. The summed E-state index contributed by atoms with van der Waals surface area (Å²) in [5, 5.41) is 0. The van der Waals surface area contributed by atoms with E-state index in [0.717, 1.165) is 11.5 Å². The van der Waals surface area contributed by atoms with Crippen molar-refractivity contribution >= 4 is 0 Å². The first kappa shape index (κ1) is 12.5. The standard InChI is InChI=1S/C16H18O2/c1-12-8-13(2)10-14(9-12)11-18-16-7-5-4-6-15(16)17-3/h4-10H,11H2,1-3H3. The molecule has 0 aromatic heterocycles. The Labute approximate surface area is 108 Å². The van der Waals surface area contributed by atoms with Crippen molar-refractivity contribution in [1.82, 2.24) is 0 Å². The van der Waals surface area contributed by atoms with Gasteiger partial charge in [0.2, 0.25) is 0 Å². The molecule has 0 amide bonds. The van der Waals surface area contributed by atoms with Gasteiger partial charge in [-0.1, -0.05) is 41.5 Å². The maximum absolute atomic E-state index is 5.80. The van der Waals surface area contributed by atoms with Gasteiger partial charge in [0, 0.05) is 0 Å². The lowest BCUT2D eigenvalue weighted by molar-refractivity contribution is 0.284. The average Bonchev–Trinajstić information content (AvgIpc) is 2.35. The Kier molecular flexibility index (Phi) is 3.88. The lowest BCUT2D eigenvalue weighted by Gasteiger charge is -2.11. The summed E-state index contributed by atoms with van der Waals surface area (Å²) in [7, 11) is 1.65. The number of aryl methyl sites for hydroxylation is 2. The zero-order valence-corrected chi connectivity index (χ0v) is 11.1. The predicted octanol–water partition coefficient (Wildman–Crippen LogP) is 3.89. The van der Waals surface area contributed by atoms with Crippen molar-refractivity contribution in [2.45, 2.75) is 20.5 Å². The maximum atomic E-state index is 5.80. The molecule has 0 radical (unpaired) electrons. The van der Waals surface area contributed by atoms with Crippen LogP contribution in [0.4, 0.5) is 0 Å². The van der Waals surface area contributed by atoms with Crippen LogP contribution in [0, 0.1) is 13.8 Å². The van der Waals surface area contributed by atoms with E-state index in [9.17, 15) is 0 Å². The van der Waals surface area contributed by atoms with Gasteiger partial charge in [0.05, 0.1) is 7.11 Å². The van der Waals surface area contributed by atoms with Crippen LogP contribution in [0.3, 0.4) is 0 Å². The molecule has 18 heavy (non-hydrogen) atoms. The van der Waals surface area contributed by atoms with E-state index in [2.05, 4.69) is 32.0 Å². The Morgan fingerprint density at radius 1 is 0.889 bits per heavy atom. The van der Waals surface area contributed by atoms with E-state index < -0.39 is 0 Å². The summed E-state index contributed by atoms with van der Waals surface area (Å²) in [6, 6.07) is 14.1. The van der Waals surface area contributed by atoms with Crippen molar-refractivity contribution in [2.24, 2.45) is 0 Å². The minimum absolute atomic E-state index is 0.558. The molecular formula is C16H18O2. The van der Waals surface area contributed by atoms with E-state index in [1.54, 1.807) is 7.11 Å². The molecule has 2 heteroatoms. The van der Waals surface area contributed by atoms with Crippen LogP contribution < -0.4 is 9.47 Å². The fraction of sp³-hybridized carbons (Fsp3) is 0.250. The van der Waals surface area contributed by atoms with Crippen molar-refractivity contribution in [3.63, 3.8) is 0 Å². The summed E-state index contributed by atoms with van der Waals surface area (Å²) >= 11 is 0. The lowest BCUT2D eigenvalue weighted by atomic mass is 10.1. The summed E-state index contributed by atoms with van der Waals surface area (Å²) in [5.74, 6) is 1.54. The SMILES string of the molecule is COc1ccccc1OCc1cc(C)cc(C)c1. The molecule has 0 aliphatic rings. The van der Waals surface area contributed by atoms with Crippen molar-refractivity contribution in [3.05, 3.63) is 59.2 Å². The number of methoxy groups -OCH3 is 1. The highest BCUT2D eigenvalue weighted by atomic mass is 16.5. The van der Waals surface area contributed by atoms with E-state index in [-0.39, 0.29) is 0 Å². The number of hydrogen-bond acceptors (Lipinski definition) is 2. The van der Waals surface area contributed by atoms with Crippen LogP contribution in [0.25, 0.3) is 0 Å². The minimum Gasteiger partial charge on any atom is -0.493 e. The molecule has 0 aliphatic carbocycles. The molecule has 0 N–H and O–H groups in total. The van der Waals surface area contributed by atoms with Gasteiger partial charge in [0.15, 0.2) is 11.5 Å². The summed E-state index contributed by atoms with van der Waals surface area (Å²) in [6.07, 6.45) is 0. The monoisotopic (exact) mass is 242 g/mol. The highest BCUT2D eigenvalue weighted by Crippen LogP contribution is 2.26. The van der Waals surface area contributed by atoms with Crippen LogP contribution in [-0.2, 0) is 6.61 Å². The molecule has 0 fully saturated rings. The Bertz CT molecular complexity index is 512. The van der Waals surface area contributed by atoms with Gasteiger partial charge in [-0.25, -0.2) is 0 Å². The minimum atomic E-state index is 0.558. The summed E-state index contributed by atoms with van der Waals surface area (Å²) < 4.78 is 11.1. The Morgan fingerprint density at radius 2 is 1.50 bits per heavy atom. The normalized spacial score (nSPS) is 10.2. The number of para-hydroxylation sites is 2. The molecule has 2 nitrogen and oxygen atoms in total. The summed E-state index contributed by atoms with van der Waals surface area (Å²) in [4.78, 5) is 0. The quantitative estimate of drug-likeness (QED) is 0.809. The van der Waals surface area contributed by atoms with Gasteiger partial charge >= 0.3 is 0 Å². The molecule has 2 aromatic carbocycles. The van der Waals surface area contributed by atoms with Gasteiger partial charge in [-0.3, -0.25) is 0 Å². The van der Waals surface area contributed by atoms with Gasteiger partial charge in [-0.2, -0.15) is 0 Å². The van der Waals surface area contributed by atoms with Crippen LogP contribution >= 0.6 is 0 Å². The van der Waals surface area contributed by atoms with Crippen LogP contribution in [-0.4, -0.2) is 7.11 Å². The van der Waals surface area contributed by atoms with Crippen LogP contribution in [0.2, 0.25) is 0 Å². The second-order valence-corrected chi connectivity index (χ2v) is 4.44. The number of benzene rings is 2. The molecule has 94 valence electrons. The summed E-state index contributed by atoms with van der Waals surface area (Å²) in [6.45, 7) is 4.75. The molecule has 0 saturated carbocycles. The average molecular weight is 242 g/mol. The number of rotatable bonds is 4. The molecule has 0 saturated heterocycles. The van der Waals surface area contributed by atoms with E-state index in [4.69, 9.17) is 9.47 Å². The smallest absolute Gasteiger partial charge is 0.161 e. The third kappa shape index (κ3) is 3.04. The Morgan fingerprint density at radius 3 is 2.11 bits per heavy atom. The first-order valence-electron chi connectivity index (χ1n) is 6.02. The largest absolute Gasteiger partial charge is 0.493 e. The molecule has 0 bridgehead atoms. The third-order valence-electron chi connectivity index (χ3n) is 2.74. The van der Waals surface area contributed by atoms with E-state index >= 15 is 0 Å². The van der Waals surface area contributed by atoms with Gasteiger partial charge in [-0.05, 0) is 31.5 Å². The topological polar surface area (TPSA) is 18.5 Å². The second-order valence-electron chi connectivity index (χ2n) is 4.44. The molecule has 0 atom stereocenters. The van der Waals surface area contributed by atoms with Crippen LogP contribution in [0.5, 0.6) is 11.5 Å². The van der Waals surface area contributed by atoms with E-state index in [1.807, 2.05) is 24.3 Å². The molecule has 2 rings (SSSR count). The third-order valence-corrected chi connectivity index (χ3v) is 2.74. The Hall–Kier alpha value is -1.96. The maximum Gasteiger partial charge on any atom is 0.161 e. The first-order valence-corrected chi connectivity index (χ1v) is 6.02. The van der Waals surface area contributed by atoms with Crippen LogP contribution in [0.1, 0.15) is 16.7 Å². The molecular weight excluding hydrogens is 224 g/mol. The highest BCUT2D eigenvalue weighted by molar-refractivity contribution is 5.39. The first-order chi connectivity index (χ1) is 8.69. The zero-order chi connectivity index (χ0) is 13.0. The van der Waals surface area contributed by atoms with Crippen molar-refractivity contribution in [3.8, 4) is 11.5 Å². The molecule has 0 heterocycles. The van der Waals surface area contributed by atoms with Gasteiger partial charge in [0.25, 0.3) is 0 Å². The van der Waals surface area contributed by atoms with Crippen molar-refractivity contribution < 1.29 is 9.47 Å². The predicted molar refractivity (Wildman–Crippen MR) is 73.2 cm³/mol. The number of hydrogen-bond donors (Lipinski definition) is 0. The molecule has 2 aromatic rings. The van der Waals surface area contributed by atoms with Crippen molar-refractivity contribution in [1.29, 1.82) is 0 Å².